The van der Waals surface area contributed by atoms with Gasteiger partial charge in [0.2, 0.25) is 11.8 Å². The van der Waals surface area contributed by atoms with Crippen LogP contribution in [0, 0.1) is 0 Å². The van der Waals surface area contributed by atoms with Crippen molar-refractivity contribution in [3.63, 3.8) is 0 Å². The van der Waals surface area contributed by atoms with E-state index in [0.717, 1.165) is 18.4 Å². The molecule has 2 aromatic carbocycles. The van der Waals surface area contributed by atoms with Gasteiger partial charge in [0, 0.05) is 23.7 Å². The van der Waals surface area contributed by atoms with Crippen LogP contribution in [0.4, 0.5) is 11.4 Å². The third kappa shape index (κ3) is 4.17. The van der Waals surface area contributed by atoms with Crippen molar-refractivity contribution < 1.29 is 14.3 Å². The standard InChI is InChI=1S/C20H21ClN2O3/c1-26-18-10-9-15(13-17(18)23-11-5-4-8-20(23)25)22-19(24)12-14-6-2-3-7-16(14)21/h2-3,6-7,9-10,13H,4-5,8,11-12H2,1H3,(H,22,24). The van der Waals surface area contributed by atoms with E-state index in [1.165, 1.54) is 0 Å². The van der Waals surface area contributed by atoms with E-state index in [1.807, 2.05) is 18.2 Å². The zero-order chi connectivity index (χ0) is 18.5. The maximum Gasteiger partial charge on any atom is 0.228 e. The number of anilines is 2. The summed E-state index contributed by atoms with van der Waals surface area (Å²) < 4.78 is 5.39. The van der Waals surface area contributed by atoms with E-state index in [1.54, 1.807) is 36.3 Å². The molecule has 1 aliphatic heterocycles. The molecule has 3 rings (SSSR count). The highest BCUT2D eigenvalue weighted by Gasteiger charge is 2.23. The van der Waals surface area contributed by atoms with Crippen LogP contribution in [0.1, 0.15) is 24.8 Å². The Balaban J connectivity index is 1.78. The van der Waals surface area contributed by atoms with E-state index in [2.05, 4.69) is 5.32 Å². The highest BCUT2D eigenvalue weighted by atomic mass is 35.5. The van der Waals surface area contributed by atoms with Crippen LogP contribution in [0.15, 0.2) is 42.5 Å². The van der Waals surface area contributed by atoms with Gasteiger partial charge in [-0.15, -0.1) is 0 Å². The summed E-state index contributed by atoms with van der Waals surface area (Å²) in [6, 6.07) is 12.6. The van der Waals surface area contributed by atoms with Gasteiger partial charge in [0.15, 0.2) is 0 Å². The lowest BCUT2D eigenvalue weighted by molar-refractivity contribution is -0.119. The van der Waals surface area contributed by atoms with Gasteiger partial charge in [-0.05, 0) is 42.7 Å². The molecule has 0 saturated carbocycles. The predicted octanol–water partition coefficient (Wildman–Crippen LogP) is 4.05. The number of piperidine rings is 1. The molecule has 0 aliphatic carbocycles. The molecule has 0 bridgehead atoms. The second-order valence-electron chi connectivity index (χ2n) is 6.21. The van der Waals surface area contributed by atoms with E-state index >= 15 is 0 Å². The van der Waals surface area contributed by atoms with Gasteiger partial charge in [0.05, 0.1) is 19.2 Å². The Morgan fingerprint density at radius 2 is 2.04 bits per heavy atom. The van der Waals surface area contributed by atoms with Crippen molar-refractivity contribution in [3.8, 4) is 5.75 Å². The Morgan fingerprint density at radius 1 is 1.23 bits per heavy atom. The van der Waals surface area contributed by atoms with Crippen molar-refractivity contribution in [1.82, 2.24) is 0 Å². The topological polar surface area (TPSA) is 58.6 Å². The molecule has 1 saturated heterocycles. The molecule has 6 heteroatoms. The van der Waals surface area contributed by atoms with E-state index in [4.69, 9.17) is 16.3 Å². The molecule has 0 spiro atoms. The molecular weight excluding hydrogens is 352 g/mol. The van der Waals surface area contributed by atoms with E-state index in [9.17, 15) is 9.59 Å². The zero-order valence-corrected chi connectivity index (χ0v) is 15.4. The molecule has 1 N–H and O–H groups in total. The number of nitrogens with zero attached hydrogens (tertiary/aromatic N) is 1. The Hall–Kier alpha value is -2.53. The molecule has 136 valence electrons. The summed E-state index contributed by atoms with van der Waals surface area (Å²) in [7, 11) is 1.57. The van der Waals surface area contributed by atoms with E-state index < -0.39 is 0 Å². The number of halogens is 1. The normalized spacial score (nSPS) is 14.2. The molecule has 5 nitrogen and oxygen atoms in total. The molecule has 0 atom stereocenters. The minimum atomic E-state index is -0.167. The quantitative estimate of drug-likeness (QED) is 0.861. The van der Waals surface area contributed by atoms with Crippen LogP contribution in [-0.2, 0) is 16.0 Å². The van der Waals surface area contributed by atoms with Crippen LogP contribution in [0.25, 0.3) is 0 Å². The Morgan fingerprint density at radius 3 is 2.77 bits per heavy atom. The first kappa shape index (κ1) is 18.3. The van der Waals surface area contributed by atoms with Crippen LogP contribution in [0.5, 0.6) is 5.75 Å². The first-order chi connectivity index (χ1) is 12.6. The van der Waals surface area contributed by atoms with Gasteiger partial charge in [-0.25, -0.2) is 0 Å². The van der Waals surface area contributed by atoms with Crippen LogP contribution >= 0.6 is 11.6 Å². The minimum absolute atomic E-state index is 0.0779. The number of nitrogens with one attached hydrogen (secondary N) is 1. The molecular formula is C20H21ClN2O3. The van der Waals surface area contributed by atoms with Crippen molar-refractivity contribution in [2.45, 2.75) is 25.7 Å². The minimum Gasteiger partial charge on any atom is -0.495 e. The first-order valence-electron chi connectivity index (χ1n) is 8.60. The lowest BCUT2D eigenvalue weighted by Gasteiger charge is -2.28. The fourth-order valence-electron chi connectivity index (χ4n) is 3.06. The van der Waals surface area contributed by atoms with Gasteiger partial charge in [0.1, 0.15) is 5.75 Å². The molecule has 1 fully saturated rings. The van der Waals surface area contributed by atoms with Gasteiger partial charge in [-0.1, -0.05) is 29.8 Å². The second-order valence-corrected chi connectivity index (χ2v) is 6.61. The smallest absolute Gasteiger partial charge is 0.228 e. The monoisotopic (exact) mass is 372 g/mol. The fraction of sp³-hybridized carbons (Fsp3) is 0.300. The number of carbonyl (C=O) groups is 2. The third-order valence-corrected chi connectivity index (χ3v) is 4.75. The number of carbonyl (C=O) groups excluding carboxylic acids is 2. The third-order valence-electron chi connectivity index (χ3n) is 4.39. The number of hydrogen-bond acceptors (Lipinski definition) is 3. The average Bonchev–Trinajstić information content (AvgIpc) is 2.64. The van der Waals surface area contributed by atoms with Crippen molar-refractivity contribution in [3.05, 3.63) is 53.1 Å². The number of ether oxygens (including phenoxy) is 1. The molecule has 0 unspecified atom stereocenters. The largest absolute Gasteiger partial charge is 0.495 e. The van der Waals surface area contributed by atoms with Gasteiger partial charge in [-0.3, -0.25) is 9.59 Å². The van der Waals surface area contributed by atoms with Gasteiger partial charge in [0.25, 0.3) is 0 Å². The van der Waals surface area contributed by atoms with Crippen LogP contribution in [0.2, 0.25) is 5.02 Å². The molecule has 1 heterocycles. The predicted molar refractivity (Wildman–Crippen MR) is 103 cm³/mol. The molecule has 26 heavy (non-hydrogen) atoms. The summed E-state index contributed by atoms with van der Waals surface area (Å²) >= 11 is 6.11. The SMILES string of the molecule is COc1ccc(NC(=O)Cc2ccccc2Cl)cc1N1CCCCC1=O. The van der Waals surface area contributed by atoms with Crippen LogP contribution in [-0.4, -0.2) is 25.5 Å². The van der Waals surface area contributed by atoms with Crippen molar-refractivity contribution in [2.24, 2.45) is 0 Å². The van der Waals surface area contributed by atoms with Crippen molar-refractivity contribution in [1.29, 1.82) is 0 Å². The summed E-state index contributed by atoms with van der Waals surface area (Å²) in [6.45, 7) is 0.659. The number of rotatable bonds is 5. The summed E-state index contributed by atoms with van der Waals surface area (Å²) in [5, 5.41) is 3.44. The summed E-state index contributed by atoms with van der Waals surface area (Å²) in [5.41, 5.74) is 2.08. The summed E-state index contributed by atoms with van der Waals surface area (Å²) in [6.07, 6.45) is 2.58. The maximum absolute atomic E-state index is 12.4. The number of benzene rings is 2. The zero-order valence-electron chi connectivity index (χ0n) is 14.6. The van der Waals surface area contributed by atoms with Gasteiger partial charge in [-0.2, -0.15) is 0 Å². The van der Waals surface area contributed by atoms with Crippen molar-refractivity contribution >= 4 is 34.8 Å². The Kier molecular flexibility index (Phi) is 5.78. The summed E-state index contributed by atoms with van der Waals surface area (Å²) in [5.74, 6) is 0.526. The van der Waals surface area contributed by atoms with Crippen molar-refractivity contribution in [2.75, 3.05) is 23.9 Å². The highest BCUT2D eigenvalue weighted by Crippen LogP contribution is 2.33. The lowest BCUT2D eigenvalue weighted by atomic mass is 10.1. The highest BCUT2D eigenvalue weighted by molar-refractivity contribution is 6.31. The maximum atomic E-state index is 12.4. The number of amides is 2. The van der Waals surface area contributed by atoms with Crippen LogP contribution in [0.3, 0.4) is 0 Å². The number of methoxy groups -OCH3 is 1. The Labute approximate surface area is 157 Å². The second kappa shape index (κ2) is 8.23. The molecule has 0 aromatic heterocycles. The molecule has 1 aliphatic rings. The van der Waals surface area contributed by atoms with Crippen LogP contribution < -0.4 is 15.0 Å². The lowest BCUT2D eigenvalue weighted by Crippen LogP contribution is -2.35. The van der Waals surface area contributed by atoms with Gasteiger partial charge >= 0.3 is 0 Å². The van der Waals surface area contributed by atoms with E-state index in [-0.39, 0.29) is 18.2 Å². The Bertz CT molecular complexity index is 822. The van der Waals surface area contributed by atoms with E-state index in [0.29, 0.717) is 35.1 Å². The number of hydrogen-bond donors (Lipinski definition) is 1. The first-order valence-corrected chi connectivity index (χ1v) is 8.98. The molecule has 2 amide bonds. The molecule has 2 aromatic rings. The fourth-order valence-corrected chi connectivity index (χ4v) is 3.26. The molecule has 0 radical (unpaired) electrons. The van der Waals surface area contributed by atoms with Gasteiger partial charge < -0.3 is 15.0 Å². The average molecular weight is 373 g/mol. The summed E-state index contributed by atoms with van der Waals surface area (Å²) in [4.78, 5) is 26.3.